The lowest BCUT2D eigenvalue weighted by molar-refractivity contribution is 0.229. The molecule has 168 valence electrons. The monoisotopic (exact) mass is 462 g/mol. The summed E-state index contributed by atoms with van der Waals surface area (Å²) in [6, 6.07) is 11.3. The number of anilines is 2. The Labute approximate surface area is 192 Å². The minimum absolute atomic E-state index is 0.350. The van der Waals surface area contributed by atoms with Gasteiger partial charge in [0.25, 0.3) is 0 Å². The van der Waals surface area contributed by atoms with E-state index >= 15 is 0 Å². The van der Waals surface area contributed by atoms with Gasteiger partial charge in [-0.05, 0) is 82.2 Å². The molecule has 0 atom stereocenters. The van der Waals surface area contributed by atoms with E-state index in [1.807, 2.05) is 25.1 Å². The number of nitrogens with two attached hydrogens (primary N) is 1. The molecular weight excluding hydrogens is 431 g/mol. The van der Waals surface area contributed by atoms with E-state index in [-0.39, 0.29) is 5.82 Å². The van der Waals surface area contributed by atoms with Gasteiger partial charge in [0.15, 0.2) is 5.13 Å². The van der Waals surface area contributed by atoms with Crippen LogP contribution in [0.25, 0.3) is 10.2 Å². The first kappa shape index (κ1) is 23.6. The maximum atomic E-state index is 13.7. The van der Waals surface area contributed by atoms with Crippen LogP contribution in [0.4, 0.5) is 15.2 Å². The maximum absolute atomic E-state index is 13.7. The normalized spacial score (nSPS) is 14.4. The van der Waals surface area contributed by atoms with E-state index in [0.717, 1.165) is 22.0 Å². The van der Waals surface area contributed by atoms with E-state index < -0.39 is 0 Å². The van der Waals surface area contributed by atoms with Crippen LogP contribution >= 0.6 is 23.3 Å². The van der Waals surface area contributed by atoms with Gasteiger partial charge in [0.05, 0.1) is 21.7 Å². The highest BCUT2D eigenvalue weighted by atomic mass is 32.2. The molecule has 0 unspecified atom stereocenters. The van der Waals surface area contributed by atoms with Gasteiger partial charge in [-0.15, -0.1) is 0 Å². The third-order valence-electron chi connectivity index (χ3n) is 5.18. The lowest BCUT2D eigenvalue weighted by Crippen LogP contribution is -2.29. The van der Waals surface area contributed by atoms with Crippen molar-refractivity contribution >= 4 is 44.3 Å². The van der Waals surface area contributed by atoms with Crippen molar-refractivity contribution < 1.29 is 9.13 Å². The molecule has 8 heteroatoms. The van der Waals surface area contributed by atoms with Crippen LogP contribution in [0, 0.1) is 5.82 Å². The number of benzene rings is 2. The molecule has 5 nitrogen and oxygen atoms in total. The fourth-order valence-corrected chi connectivity index (χ4v) is 5.07. The molecule has 3 N–H and O–H groups in total. The molecule has 1 fully saturated rings. The second kappa shape index (κ2) is 11.5. The lowest BCUT2D eigenvalue weighted by Gasteiger charge is -2.27. The van der Waals surface area contributed by atoms with Crippen LogP contribution in [0.1, 0.15) is 39.0 Å². The van der Waals surface area contributed by atoms with E-state index in [0.29, 0.717) is 22.3 Å². The predicted octanol–water partition coefficient (Wildman–Crippen LogP) is 6.42. The highest BCUT2D eigenvalue weighted by Crippen LogP contribution is 2.32. The number of thiazole rings is 1. The van der Waals surface area contributed by atoms with E-state index in [9.17, 15) is 4.39 Å². The molecule has 0 bridgehead atoms. The Bertz CT molecular complexity index is 973. The van der Waals surface area contributed by atoms with Gasteiger partial charge in [-0.1, -0.05) is 30.6 Å². The summed E-state index contributed by atoms with van der Waals surface area (Å²) in [5.41, 5.74) is 6.82. The van der Waals surface area contributed by atoms with Crippen molar-refractivity contribution in [1.29, 1.82) is 0 Å². The molecule has 4 rings (SSSR count). The zero-order valence-corrected chi connectivity index (χ0v) is 20.0. The van der Waals surface area contributed by atoms with Crippen LogP contribution in [0.15, 0.2) is 41.3 Å². The van der Waals surface area contributed by atoms with Crippen LogP contribution in [0.3, 0.4) is 0 Å². The third-order valence-corrected chi connectivity index (χ3v) is 7.09. The number of nitrogens with one attached hydrogen (secondary N) is 1. The summed E-state index contributed by atoms with van der Waals surface area (Å²) in [5.74, 6) is 0.472. The Morgan fingerprint density at radius 3 is 2.61 bits per heavy atom. The molecule has 1 heterocycles. The van der Waals surface area contributed by atoms with Crippen molar-refractivity contribution in [3.8, 4) is 5.75 Å². The second-order valence-corrected chi connectivity index (χ2v) is 9.61. The average molecular weight is 463 g/mol. The quantitative estimate of drug-likeness (QED) is 0.326. The van der Waals surface area contributed by atoms with Crippen LogP contribution in [0.2, 0.25) is 0 Å². The van der Waals surface area contributed by atoms with Crippen LogP contribution in [0.5, 0.6) is 5.75 Å². The number of fused-ring (bicyclic) bond motifs is 1. The van der Waals surface area contributed by atoms with Gasteiger partial charge >= 0.3 is 0 Å². The summed E-state index contributed by atoms with van der Waals surface area (Å²) in [4.78, 5) is 7.30. The number of nitrogen functional groups attached to an aromatic ring is 1. The van der Waals surface area contributed by atoms with Gasteiger partial charge in [-0.2, -0.15) is 0 Å². The van der Waals surface area contributed by atoms with Gasteiger partial charge in [-0.3, -0.25) is 0 Å². The van der Waals surface area contributed by atoms with Crippen LogP contribution in [-0.2, 0) is 0 Å². The van der Waals surface area contributed by atoms with Crippen LogP contribution < -0.4 is 15.2 Å². The van der Waals surface area contributed by atoms with Crippen molar-refractivity contribution in [1.82, 2.24) is 9.88 Å². The summed E-state index contributed by atoms with van der Waals surface area (Å²) in [6.07, 6.45) is 7.20. The topological polar surface area (TPSA) is 63.4 Å². The SMILES string of the molecule is CCOc1ccc2nc(NSc3ccc(N)cc3F)sc2c1.CN(C)C1CCCCC1. The summed E-state index contributed by atoms with van der Waals surface area (Å²) < 4.78 is 23.3. The summed E-state index contributed by atoms with van der Waals surface area (Å²) in [6.45, 7) is 2.57. The molecular formula is C23H31FN4OS2. The van der Waals surface area contributed by atoms with E-state index in [1.165, 1.54) is 61.5 Å². The van der Waals surface area contributed by atoms with Crippen molar-refractivity contribution in [2.24, 2.45) is 0 Å². The second-order valence-electron chi connectivity index (χ2n) is 7.73. The number of ether oxygens (including phenoxy) is 1. The van der Waals surface area contributed by atoms with E-state index in [1.54, 1.807) is 12.1 Å². The molecule has 2 aromatic carbocycles. The minimum Gasteiger partial charge on any atom is -0.494 e. The average Bonchev–Trinajstić information content (AvgIpc) is 3.17. The molecule has 31 heavy (non-hydrogen) atoms. The number of nitrogens with zero attached hydrogens (tertiary/aromatic N) is 2. The smallest absolute Gasteiger partial charge is 0.194 e. The van der Waals surface area contributed by atoms with Gasteiger partial charge in [-0.25, -0.2) is 9.37 Å². The van der Waals surface area contributed by atoms with Crippen molar-refractivity contribution in [3.63, 3.8) is 0 Å². The Kier molecular flexibility index (Phi) is 8.80. The maximum Gasteiger partial charge on any atom is 0.194 e. The van der Waals surface area contributed by atoms with E-state index in [4.69, 9.17) is 10.5 Å². The Balaban J connectivity index is 0.000000254. The molecule has 1 aliphatic rings. The minimum atomic E-state index is -0.350. The van der Waals surface area contributed by atoms with Gasteiger partial charge in [0.2, 0.25) is 0 Å². The number of hydrogen-bond acceptors (Lipinski definition) is 7. The summed E-state index contributed by atoms with van der Waals surface area (Å²) >= 11 is 2.67. The van der Waals surface area contributed by atoms with E-state index in [2.05, 4.69) is 28.7 Å². The van der Waals surface area contributed by atoms with Crippen molar-refractivity contribution in [2.45, 2.75) is 50.0 Å². The first-order valence-corrected chi connectivity index (χ1v) is 12.3. The number of rotatable bonds is 6. The Hall–Kier alpha value is -2.03. The van der Waals surface area contributed by atoms with Gasteiger partial charge < -0.3 is 20.1 Å². The van der Waals surface area contributed by atoms with Gasteiger partial charge in [0, 0.05) is 11.7 Å². The molecule has 1 saturated carbocycles. The number of aromatic nitrogens is 1. The molecule has 3 aromatic rings. The molecule has 1 aromatic heterocycles. The van der Waals surface area contributed by atoms with Gasteiger partial charge in [0.1, 0.15) is 11.6 Å². The predicted molar refractivity (Wildman–Crippen MR) is 132 cm³/mol. The molecule has 0 amide bonds. The highest BCUT2D eigenvalue weighted by molar-refractivity contribution is 8.00. The third kappa shape index (κ3) is 6.98. The summed E-state index contributed by atoms with van der Waals surface area (Å²) in [5, 5.41) is 0.713. The highest BCUT2D eigenvalue weighted by Gasteiger charge is 2.14. The van der Waals surface area contributed by atoms with Crippen molar-refractivity contribution in [3.05, 3.63) is 42.2 Å². The molecule has 0 radical (unpaired) electrons. The van der Waals surface area contributed by atoms with Crippen LogP contribution in [-0.4, -0.2) is 36.6 Å². The Morgan fingerprint density at radius 1 is 1.19 bits per heavy atom. The fourth-order valence-electron chi connectivity index (χ4n) is 3.50. The lowest BCUT2D eigenvalue weighted by atomic mass is 9.95. The molecule has 0 spiro atoms. The molecule has 0 saturated heterocycles. The number of halogens is 1. The first-order chi connectivity index (χ1) is 15.0. The summed E-state index contributed by atoms with van der Waals surface area (Å²) in [7, 11) is 4.38. The molecule has 0 aliphatic heterocycles. The zero-order chi connectivity index (χ0) is 22.2. The fraction of sp³-hybridized carbons (Fsp3) is 0.435. The molecule has 1 aliphatic carbocycles. The Morgan fingerprint density at radius 2 is 1.97 bits per heavy atom. The largest absolute Gasteiger partial charge is 0.494 e. The first-order valence-electron chi connectivity index (χ1n) is 10.6. The van der Waals surface area contributed by atoms with Crippen molar-refractivity contribution in [2.75, 3.05) is 31.2 Å². The standard InChI is InChI=1S/C15H14FN3OS2.C8H17N/c1-2-20-10-4-5-12-14(8-10)21-15(18-12)19-22-13-6-3-9(17)7-11(13)16;1-9(2)8-6-4-3-5-7-8/h3-8H,2,17H2,1H3,(H,18,19);8H,3-7H2,1-2H3. The number of hydrogen-bond donors (Lipinski definition) is 2. The zero-order valence-electron chi connectivity index (χ0n) is 18.4.